The minimum Gasteiger partial charge on any atom is -0.497 e. The van der Waals surface area contributed by atoms with Crippen LogP contribution in [0.25, 0.3) is 0 Å². The van der Waals surface area contributed by atoms with Gasteiger partial charge in [0.05, 0.1) is 30.8 Å². The highest BCUT2D eigenvalue weighted by atomic mass is 32.2. The topological polar surface area (TPSA) is 52.6 Å². The lowest BCUT2D eigenvalue weighted by Crippen LogP contribution is -2.11. The van der Waals surface area contributed by atoms with Crippen LogP contribution in [0, 0.1) is 0 Å². The van der Waals surface area contributed by atoms with Gasteiger partial charge in [0.2, 0.25) is 0 Å². The predicted molar refractivity (Wildman–Crippen MR) is 81.6 cm³/mol. The molecule has 0 N–H and O–H groups in total. The number of benzene rings is 2. The Morgan fingerprint density at radius 1 is 1.00 bits per heavy atom. The summed E-state index contributed by atoms with van der Waals surface area (Å²) < 4.78 is 22.4. The third kappa shape index (κ3) is 3.92. The summed E-state index contributed by atoms with van der Waals surface area (Å²) in [4.78, 5) is 12.7. The van der Waals surface area contributed by atoms with Gasteiger partial charge in [-0.3, -0.25) is 9.00 Å². The van der Waals surface area contributed by atoms with E-state index in [1.165, 1.54) is 7.11 Å². The molecule has 0 bridgehead atoms. The van der Waals surface area contributed by atoms with Gasteiger partial charge in [0.25, 0.3) is 0 Å². The van der Waals surface area contributed by atoms with Crippen LogP contribution in [-0.4, -0.2) is 30.0 Å². The molecule has 0 amide bonds. The van der Waals surface area contributed by atoms with Crippen LogP contribution < -0.4 is 9.47 Å². The predicted octanol–water partition coefficient (Wildman–Crippen LogP) is 2.69. The second kappa shape index (κ2) is 7.04. The van der Waals surface area contributed by atoms with Crippen LogP contribution in [0.2, 0.25) is 0 Å². The van der Waals surface area contributed by atoms with Gasteiger partial charge in [-0.05, 0) is 30.3 Å². The number of hydrogen-bond acceptors (Lipinski definition) is 4. The smallest absolute Gasteiger partial charge is 0.175 e. The summed E-state index contributed by atoms with van der Waals surface area (Å²) in [7, 11) is 1.68. The molecular weight excluding hydrogens is 288 g/mol. The van der Waals surface area contributed by atoms with Crippen LogP contribution in [0.15, 0.2) is 53.4 Å². The van der Waals surface area contributed by atoms with E-state index in [2.05, 4.69) is 0 Å². The third-order valence-corrected chi connectivity index (χ3v) is 4.26. The number of carbonyl (C=O) groups is 1. The second-order valence-electron chi connectivity index (χ2n) is 4.32. The summed E-state index contributed by atoms with van der Waals surface area (Å²) in [5.74, 6) is 0.970. The Labute approximate surface area is 126 Å². The molecule has 1 atom stereocenters. The Hall–Kier alpha value is -2.14. The van der Waals surface area contributed by atoms with E-state index >= 15 is 0 Å². The number of ketones is 1. The van der Waals surface area contributed by atoms with Gasteiger partial charge in [0, 0.05) is 10.5 Å². The maximum Gasteiger partial charge on any atom is 0.175 e. The van der Waals surface area contributed by atoms with Crippen molar-refractivity contribution in [3.05, 3.63) is 54.1 Å². The molecule has 0 spiro atoms. The molecule has 5 heteroatoms. The first-order chi connectivity index (χ1) is 10.1. The number of methoxy groups -OCH3 is 2. The van der Waals surface area contributed by atoms with E-state index in [1.54, 1.807) is 55.6 Å². The second-order valence-corrected chi connectivity index (χ2v) is 5.78. The molecule has 0 heterocycles. The summed E-state index contributed by atoms with van der Waals surface area (Å²) in [6, 6.07) is 13.7. The van der Waals surface area contributed by atoms with Crippen LogP contribution in [0.5, 0.6) is 11.5 Å². The molecule has 0 saturated heterocycles. The minimum atomic E-state index is -1.40. The van der Waals surface area contributed by atoms with Gasteiger partial charge >= 0.3 is 0 Å². The summed E-state index contributed by atoms with van der Waals surface area (Å²) >= 11 is 0. The van der Waals surface area contributed by atoms with Gasteiger partial charge in [-0.15, -0.1) is 0 Å². The zero-order chi connectivity index (χ0) is 15.2. The average Bonchev–Trinajstić information content (AvgIpc) is 2.54. The molecule has 21 heavy (non-hydrogen) atoms. The van der Waals surface area contributed by atoms with E-state index in [0.717, 1.165) is 0 Å². The zero-order valence-electron chi connectivity index (χ0n) is 11.9. The third-order valence-electron chi connectivity index (χ3n) is 2.96. The Balaban J connectivity index is 2.12. The molecule has 0 aromatic heterocycles. The molecule has 0 fully saturated rings. The lowest BCUT2D eigenvalue weighted by Gasteiger charge is -2.06. The van der Waals surface area contributed by atoms with Crippen molar-refractivity contribution in [1.29, 1.82) is 0 Å². The first-order valence-corrected chi connectivity index (χ1v) is 7.65. The van der Waals surface area contributed by atoms with Crippen molar-refractivity contribution in [2.75, 3.05) is 20.0 Å². The highest BCUT2D eigenvalue weighted by Gasteiger charge is 2.13. The highest BCUT2D eigenvalue weighted by molar-refractivity contribution is 7.85. The fourth-order valence-electron chi connectivity index (χ4n) is 1.83. The minimum absolute atomic E-state index is 0.0691. The van der Waals surface area contributed by atoms with E-state index in [9.17, 15) is 9.00 Å². The summed E-state index contributed by atoms with van der Waals surface area (Å²) in [6.45, 7) is 0. The molecule has 110 valence electrons. The van der Waals surface area contributed by atoms with Gasteiger partial charge in [-0.2, -0.15) is 0 Å². The van der Waals surface area contributed by atoms with Crippen molar-refractivity contribution in [2.24, 2.45) is 0 Å². The van der Waals surface area contributed by atoms with Crippen molar-refractivity contribution in [2.45, 2.75) is 4.90 Å². The van der Waals surface area contributed by atoms with Gasteiger partial charge in [0.1, 0.15) is 11.5 Å². The standard InChI is InChI=1S/C16H16O4S/c1-19-13-6-3-5-12(9-13)16(17)11-21(18)15-8-4-7-14(10-15)20-2/h3-10H,11H2,1-2H3. The van der Waals surface area contributed by atoms with E-state index in [1.807, 2.05) is 0 Å². The average molecular weight is 304 g/mol. The molecule has 4 nitrogen and oxygen atoms in total. The van der Waals surface area contributed by atoms with Gasteiger partial charge in [-0.25, -0.2) is 0 Å². The maximum atomic E-state index is 12.3. The molecule has 0 radical (unpaired) electrons. The molecular formula is C16H16O4S. The Bertz CT molecular complexity index is 609. The SMILES string of the molecule is COc1cccc(C(=O)CS(=O)c2cccc(OC)c2)c1. The fraction of sp³-hybridized carbons (Fsp3) is 0.188. The van der Waals surface area contributed by atoms with E-state index in [0.29, 0.717) is 22.0 Å². The Morgan fingerprint density at radius 3 is 2.29 bits per heavy atom. The molecule has 2 aromatic carbocycles. The van der Waals surface area contributed by atoms with Crippen molar-refractivity contribution < 1.29 is 18.5 Å². The molecule has 0 aliphatic carbocycles. The van der Waals surface area contributed by atoms with E-state index in [-0.39, 0.29) is 11.5 Å². The molecule has 0 saturated carbocycles. The maximum absolute atomic E-state index is 12.3. The van der Waals surface area contributed by atoms with Gasteiger partial charge in [0.15, 0.2) is 5.78 Å². The molecule has 1 unspecified atom stereocenters. The summed E-state index contributed by atoms with van der Waals surface area (Å²) in [6.07, 6.45) is 0. The monoisotopic (exact) mass is 304 g/mol. The summed E-state index contributed by atoms with van der Waals surface area (Å²) in [5.41, 5.74) is 0.491. The largest absolute Gasteiger partial charge is 0.497 e. The van der Waals surface area contributed by atoms with E-state index in [4.69, 9.17) is 9.47 Å². The van der Waals surface area contributed by atoms with Crippen molar-refractivity contribution >= 4 is 16.6 Å². The van der Waals surface area contributed by atoms with Crippen LogP contribution in [0.4, 0.5) is 0 Å². The number of hydrogen-bond donors (Lipinski definition) is 0. The number of carbonyl (C=O) groups excluding carboxylic acids is 1. The lowest BCUT2D eigenvalue weighted by atomic mass is 10.1. The Morgan fingerprint density at radius 2 is 1.62 bits per heavy atom. The van der Waals surface area contributed by atoms with Crippen LogP contribution in [0.1, 0.15) is 10.4 Å². The summed E-state index contributed by atoms with van der Waals surface area (Å²) in [5, 5.41) is 0. The van der Waals surface area contributed by atoms with Crippen LogP contribution in [-0.2, 0) is 10.8 Å². The number of ether oxygens (including phenoxy) is 2. The first-order valence-electron chi connectivity index (χ1n) is 6.33. The zero-order valence-corrected chi connectivity index (χ0v) is 12.7. The normalized spacial score (nSPS) is 11.7. The van der Waals surface area contributed by atoms with E-state index < -0.39 is 10.8 Å². The van der Waals surface area contributed by atoms with Crippen LogP contribution in [0.3, 0.4) is 0 Å². The van der Waals surface area contributed by atoms with Crippen molar-refractivity contribution in [3.63, 3.8) is 0 Å². The molecule has 2 aromatic rings. The fourth-order valence-corrected chi connectivity index (χ4v) is 2.87. The quantitative estimate of drug-likeness (QED) is 0.770. The first kappa shape index (κ1) is 15.3. The van der Waals surface area contributed by atoms with Crippen LogP contribution >= 0.6 is 0 Å². The number of rotatable bonds is 6. The lowest BCUT2D eigenvalue weighted by molar-refractivity contribution is 0.102. The molecule has 0 aliphatic rings. The Kier molecular flexibility index (Phi) is 5.11. The molecule has 0 aliphatic heterocycles. The van der Waals surface area contributed by atoms with Crippen molar-refractivity contribution in [3.8, 4) is 11.5 Å². The molecule has 2 rings (SSSR count). The number of Topliss-reactive ketones (excluding diaryl/α,β-unsaturated/α-hetero) is 1. The van der Waals surface area contributed by atoms with Crippen molar-refractivity contribution in [1.82, 2.24) is 0 Å². The van der Waals surface area contributed by atoms with Gasteiger partial charge in [-0.1, -0.05) is 18.2 Å². The highest BCUT2D eigenvalue weighted by Crippen LogP contribution is 2.18. The van der Waals surface area contributed by atoms with Gasteiger partial charge < -0.3 is 9.47 Å².